The first-order chi connectivity index (χ1) is 14.0. The lowest BCUT2D eigenvalue weighted by molar-refractivity contribution is 0.0618. The number of carbonyl (C=O) groups excluding carboxylic acids is 1. The van der Waals surface area contributed by atoms with Crippen molar-refractivity contribution < 1.29 is 9.53 Å². The zero-order chi connectivity index (χ0) is 20.4. The van der Waals surface area contributed by atoms with E-state index in [9.17, 15) is 9.59 Å². The maximum Gasteiger partial charge on any atom is 0.271 e. The molecule has 0 atom stereocenters. The normalized spacial score (nSPS) is 15.0. The number of fused-ring (bicyclic) bond motifs is 1. The minimum atomic E-state index is -0.303. The minimum absolute atomic E-state index is 0.125. The SMILES string of the molecule is Cc1cn2c(=O)c(C(=O)N3CCN(CCOc4ccc(Cl)cc4)CC3)cnc2s1. The molecule has 2 aromatic heterocycles. The van der Waals surface area contributed by atoms with Crippen molar-refractivity contribution in [3.8, 4) is 5.75 Å². The van der Waals surface area contributed by atoms with Crippen LogP contribution >= 0.6 is 22.9 Å². The van der Waals surface area contributed by atoms with Gasteiger partial charge in [-0.3, -0.25) is 18.9 Å². The van der Waals surface area contributed by atoms with Gasteiger partial charge in [0, 0.05) is 55.0 Å². The van der Waals surface area contributed by atoms with Gasteiger partial charge in [0.1, 0.15) is 17.9 Å². The summed E-state index contributed by atoms with van der Waals surface area (Å²) in [7, 11) is 0. The second-order valence-electron chi connectivity index (χ2n) is 6.91. The number of rotatable bonds is 5. The summed E-state index contributed by atoms with van der Waals surface area (Å²) in [6, 6.07) is 7.29. The molecular formula is C20H21ClN4O3S. The molecule has 4 rings (SSSR count). The van der Waals surface area contributed by atoms with E-state index in [0.717, 1.165) is 30.3 Å². The van der Waals surface area contributed by atoms with E-state index in [4.69, 9.17) is 16.3 Å². The van der Waals surface area contributed by atoms with E-state index < -0.39 is 0 Å². The molecule has 1 saturated heterocycles. The van der Waals surface area contributed by atoms with Crippen LogP contribution in [0.4, 0.5) is 0 Å². The number of aryl methyl sites for hydroxylation is 1. The highest BCUT2D eigenvalue weighted by molar-refractivity contribution is 7.16. The molecule has 1 fully saturated rings. The Morgan fingerprint density at radius 1 is 1.21 bits per heavy atom. The predicted octanol–water partition coefficient (Wildman–Crippen LogP) is 2.55. The van der Waals surface area contributed by atoms with Gasteiger partial charge in [-0.25, -0.2) is 4.98 Å². The molecule has 7 nitrogen and oxygen atoms in total. The highest BCUT2D eigenvalue weighted by atomic mass is 35.5. The van der Waals surface area contributed by atoms with Crippen molar-refractivity contribution in [1.82, 2.24) is 19.2 Å². The molecule has 1 aliphatic heterocycles. The number of aromatic nitrogens is 2. The first-order valence-corrected chi connectivity index (χ1v) is 10.6. The van der Waals surface area contributed by atoms with Crippen LogP contribution in [0.3, 0.4) is 0 Å². The lowest BCUT2D eigenvalue weighted by Crippen LogP contribution is -2.50. The molecule has 0 saturated carbocycles. The summed E-state index contributed by atoms with van der Waals surface area (Å²) in [5.41, 5.74) is -0.178. The van der Waals surface area contributed by atoms with Gasteiger partial charge in [-0.2, -0.15) is 0 Å². The van der Waals surface area contributed by atoms with E-state index in [1.165, 1.54) is 21.9 Å². The highest BCUT2D eigenvalue weighted by Crippen LogP contribution is 2.16. The van der Waals surface area contributed by atoms with Gasteiger partial charge in [0.25, 0.3) is 11.5 Å². The average molecular weight is 433 g/mol. The van der Waals surface area contributed by atoms with Crippen LogP contribution in [-0.4, -0.2) is 64.4 Å². The molecule has 0 bridgehead atoms. The van der Waals surface area contributed by atoms with Crippen molar-refractivity contribution in [2.24, 2.45) is 0 Å². The van der Waals surface area contributed by atoms with Crippen LogP contribution in [0.1, 0.15) is 15.2 Å². The topological polar surface area (TPSA) is 67.2 Å². The Kier molecular flexibility index (Phi) is 5.84. The molecule has 0 unspecified atom stereocenters. The molecule has 0 N–H and O–H groups in total. The standard InChI is InChI=1S/C20H21ClN4O3S/c1-14-13-25-19(27)17(12-22-20(25)29-14)18(26)24-8-6-23(7-9-24)10-11-28-16-4-2-15(21)3-5-16/h2-5,12-13H,6-11H2,1H3. The van der Waals surface area contributed by atoms with Crippen LogP contribution in [0, 0.1) is 6.92 Å². The Bertz CT molecular complexity index is 1070. The van der Waals surface area contributed by atoms with Gasteiger partial charge in [-0.05, 0) is 31.2 Å². The molecule has 0 spiro atoms. The second-order valence-corrected chi connectivity index (χ2v) is 8.56. The number of nitrogens with zero attached hydrogens (tertiary/aromatic N) is 4. The summed E-state index contributed by atoms with van der Waals surface area (Å²) >= 11 is 7.30. The molecule has 152 valence electrons. The van der Waals surface area contributed by atoms with Crippen molar-refractivity contribution in [3.63, 3.8) is 0 Å². The number of halogens is 1. The lowest BCUT2D eigenvalue weighted by atomic mass is 10.2. The van der Waals surface area contributed by atoms with Crippen molar-refractivity contribution >= 4 is 33.8 Å². The van der Waals surface area contributed by atoms with Crippen molar-refractivity contribution in [2.75, 3.05) is 39.3 Å². The number of thiazole rings is 1. The largest absolute Gasteiger partial charge is 0.492 e. The van der Waals surface area contributed by atoms with Gasteiger partial charge >= 0.3 is 0 Å². The van der Waals surface area contributed by atoms with E-state index >= 15 is 0 Å². The number of ether oxygens (including phenoxy) is 1. The first-order valence-electron chi connectivity index (χ1n) is 9.39. The number of hydrogen-bond acceptors (Lipinski definition) is 6. The molecule has 3 heterocycles. The van der Waals surface area contributed by atoms with E-state index in [1.807, 2.05) is 19.1 Å². The van der Waals surface area contributed by atoms with Gasteiger partial charge in [0.2, 0.25) is 0 Å². The Morgan fingerprint density at radius 2 is 1.93 bits per heavy atom. The molecule has 1 aliphatic rings. The highest BCUT2D eigenvalue weighted by Gasteiger charge is 2.25. The zero-order valence-corrected chi connectivity index (χ0v) is 17.6. The molecule has 1 amide bonds. The average Bonchev–Trinajstić information content (AvgIpc) is 3.11. The molecule has 0 radical (unpaired) electrons. The second kappa shape index (κ2) is 8.52. The molecule has 29 heavy (non-hydrogen) atoms. The smallest absolute Gasteiger partial charge is 0.271 e. The minimum Gasteiger partial charge on any atom is -0.492 e. The molecular weight excluding hydrogens is 412 g/mol. The zero-order valence-electron chi connectivity index (χ0n) is 16.0. The number of hydrogen-bond donors (Lipinski definition) is 0. The van der Waals surface area contributed by atoms with Crippen LogP contribution < -0.4 is 10.3 Å². The summed E-state index contributed by atoms with van der Waals surface area (Å²) < 4.78 is 7.19. The van der Waals surface area contributed by atoms with Crippen LogP contribution in [0.15, 0.2) is 41.5 Å². The van der Waals surface area contributed by atoms with Gasteiger partial charge in [-0.1, -0.05) is 11.6 Å². The van der Waals surface area contributed by atoms with Gasteiger partial charge < -0.3 is 9.64 Å². The number of carbonyl (C=O) groups is 1. The van der Waals surface area contributed by atoms with Gasteiger partial charge in [-0.15, -0.1) is 11.3 Å². The third-order valence-electron chi connectivity index (χ3n) is 4.90. The third kappa shape index (κ3) is 4.44. The fourth-order valence-corrected chi connectivity index (χ4v) is 4.22. The van der Waals surface area contributed by atoms with E-state index in [-0.39, 0.29) is 17.0 Å². The molecule has 1 aromatic carbocycles. The molecule has 0 aliphatic carbocycles. The Morgan fingerprint density at radius 3 is 2.66 bits per heavy atom. The fraction of sp³-hybridized carbons (Fsp3) is 0.350. The lowest BCUT2D eigenvalue weighted by Gasteiger charge is -2.34. The van der Waals surface area contributed by atoms with Crippen LogP contribution in [0.5, 0.6) is 5.75 Å². The van der Waals surface area contributed by atoms with Crippen molar-refractivity contribution in [2.45, 2.75) is 6.92 Å². The Labute approximate surface area is 177 Å². The van der Waals surface area contributed by atoms with Gasteiger partial charge in [0.05, 0.1) is 0 Å². The number of piperazine rings is 1. The van der Waals surface area contributed by atoms with E-state index in [2.05, 4.69) is 9.88 Å². The van der Waals surface area contributed by atoms with Crippen LogP contribution in [0.2, 0.25) is 5.02 Å². The first kappa shape index (κ1) is 19.9. The maximum atomic E-state index is 12.8. The van der Waals surface area contributed by atoms with Crippen LogP contribution in [-0.2, 0) is 0 Å². The number of benzene rings is 1. The molecule has 9 heteroatoms. The quantitative estimate of drug-likeness (QED) is 0.619. The fourth-order valence-electron chi connectivity index (χ4n) is 3.31. The summed E-state index contributed by atoms with van der Waals surface area (Å²) in [6.07, 6.45) is 3.13. The Balaban J connectivity index is 1.31. The maximum absolute atomic E-state index is 12.8. The summed E-state index contributed by atoms with van der Waals surface area (Å²) in [5, 5.41) is 0.682. The third-order valence-corrected chi connectivity index (χ3v) is 6.07. The Hall–Kier alpha value is -2.42. The van der Waals surface area contributed by atoms with Gasteiger partial charge in [0.15, 0.2) is 4.96 Å². The number of amides is 1. The van der Waals surface area contributed by atoms with Crippen LogP contribution in [0.25, 0.3) is 4.96 Å². The summed E-state index contributed by atoms with van der Waals surface area (Å²) in [4.78, 5) is 35.3. The summed E-state index contributed by atoms with van der Waals surface area (Å²) in [5.74, 6) is 0.535. The predicted molar refractivity (Wildman–Crippen MR) is 113 cm³/mol. The van der Waals surface area contributed by atoms with E-state index in [0.29, 0.717) is 29.7 Å². The monoisotopic (exact) mass is 432 g/mol. The van der Waals surface area contributed by atoms with Crippen molar-refractivity contribution in [3.05, 3.63) is 62.5 Å². The van der Waals surface area contributed by atoms with E-state index in [1.54, 1.807) is 23.2 Å². The molecule has 3 aromatic rings. The summed E-state index contributed by atoms with van der Waals surface area (Å²) in [6.45, 7) is 5.88. The van der Waals surface area contributed by atoms with Crippen molar-refractivity contribution in [1.29, 1.82) is 0 Å².